The van der Waals surface area contributed by atoms with Crippen LogP contribution in [0.25, 0.3) is 0 Å². The van der Waals surface area contributed by atoms with Crippen molar-refractivity contribution in [1.82, 2.24) is 4.31 Å². The maximum absolute atomic E-state index is 13.6. The van der Waals surface area contributed by atoms with Crippen molar-refractivity contribution in [3.8, 4) is 0 Å². The molecule has 0 aromatic heterocycles. The number of nitrogens with zero attached hydrogens (tertiary/aromatic N) is 1. The van der Waals surface area contributed by atoms with Crippen LogP contribution in [0.15, 0.2) is 53.4 Å². The number of amides is 1. The van der Waals surface area contributed by atoms with E-state index in [1.54, 1.807) is 34.6 Å². The summed E-state index contributed by atoms with van der Waals surface area (Å²) in [5, 5.41) is 2.73. The molecule has 28 heavy (non-hydrogen) atoms. The topological polar surface area (TPSA) is 66.5 Å². The molecule has 5 nitrogen and oxygen atoms in total. The maximum atomic E-state index is 13.6. The highest BCUT2D eigenvalue weighted by Crippen LogP contribution is 2.22. The van der Waals surface area contributed by atoms with Gasteiger partial charge in [-0.15, -0.1) is 0 Å². The first kappa shape index (κ1) is 20.5. The maximum Gasteiger partial charge on any atom is 0.243 e. The molecule has 1 aliphatic heterocycles. The SMILES string of the molecule is O=C(CCc1ccccc1F)Nc1ccc(S(=O)(=O)N2CCCCCC2)cc1. The Bertz CT molecular complexity index is 906. The second-order valence-electron chi connectivity index (χ2n) is 6.98. The lowest BCUT2D eigenvalue weighted by Crippen LogP contribution is -2.31. The standard InChI is InChI=1S/C21H25FN2O3S/c22-20-8-4-3-7-17(20)9-14-21(25)23-18-10-12-19(13-11-18)28(26,27)24-15-5-1-2-6-16-24/h3-4,7-8,10-13H,1-2,5-6,9,14-16H2,(H,23,25). The number of benzene rings is 2. The fourth-order valence-corrected chi connectivity index (χ4v) is 4.83. The van der Waals surface area contributed by atoms with Gasteiger partial charge in [0.2, 0.25) is 15.9 Å². The minimum absolute atomic E-state index is 0.148. The summed E-state index contributed by atoms with van der Waals surface area (Å²) in [5.41, 5.74) is 1.02. The lowest BCUT2D eigenvalue weighted by Gasteiger charge is -2.20. The molecule has 1 saturated heterocycles. The Hall–Kier alpha value is -2.25. The van der Waals surface area contributed by atoms with E-state index in [1.165, 1.54) is 18.2 Å². The van der Waals surface area contributed by atoms with Crippen LogP contribution in [0.3, 0.4) is 0 Å². The first-order chi connectivity index (χ1) is 13.5. The fraction of sp³-hybridized carbons (Fsp3) is 0.381. The zero-order valence-corrected chi connectivity index (χ0v) is 16.6. The van der Waals surface area contributed by atoms with E-state index in [2.05, 4.69) is 5.32 Å². The minimum Gasteiger partial charge on any atom is -0.326 e. The van der Waals surface area contributed by atoms with Crippen molar-refractivity contribution in [2.24, 2.45) is 0 Å². The van der Waals surface area contributed by atoms with Gasteiger partial charge in [0.1, 0.15) is 5.82 Å². The molecular formula is C21H25FN2O3S. The van der Waals surface area contributed by atoms with Crippen LogP contribution in [0.5, 0.6) is 0 Å². The van der Waals surface area contributed by atoms with E-state index in [0.29, 0.717) is 30.8 Å². The minimum atomic E-state index is -3.50. The third-order valence-electron chi connectivity index (χ3n) is 4.92. The van der Waals surface area contributed by atoms with Gasteiger partial charge in [-0.1, -0.05) is 31.0 Å². The predicted molar refractivity (Wildman–Crippen MR) is 107 cm³/mol. The summed E-state index contributed by atoms with van der Waals surface area (Å²) >= 11 is 0. The number of sulfonamides is 1. The van der Waals surface area contributed by atoms with Crippen LogP contribution < -0.4 is 5.32 Å². The van der Waals surface area contributed by atoms with Gasteiger partial charge in [0.15, 0.2) is 0 Å². The van der Waals surface area contributed by atoms with Gasteiger partial charge in [0.25, 0.3) is 0 Å². The molecule has 0 radical (unpaired) electrons. The molecule has 1 fully saturated rings. The number of hydrogen-bond donors (Lipinski definition) is 1. The normalized spacial score (nSPS) is 15.8. The number of aryl methyl sites for hydroxylation is 1. The molecular weight excluding hydrogens is 379 g/mol. The summed E-state index contributed by atoms with van der Waals surface area (Å²) in [4.78, 5) is 12.3. The van der Waals surface area contributed by atoms with Crippen molar-refractivity contribution in [3.63, 3.8) is 0 Å². The molecule has 0 aliphatic carbocycles. The van der Waals surface area contributed by atoms with Crippen LogP contribution >= 0.6 is 0 Å². The van der Waals surface area contributed by atoms with E-state index < -0.39 is 10.0 Å². The van der Waals surface area contributed by atoms with Gasteiger partial charge in [0.05, 0.1) is 4.90 Å². The number of nitrogens with one attached hydrogen (secondary N) is 1. The van der Waals surface area contributed by atoms with Crippen molar-refractivity contribution < 1.29 is 17.6 Å². The molecule has 1 aliphatic rings. The van der Waals surface area contributed by atoms with Crippen molar-refractivity contribution in [2.75, 3.05) is 18.4 Å². The van der Waals surface area contributed by atoms with E-state index >= 15 is 0 Å². The Morgan fingerprint density at radius 1 is 0.964 bits per heavy atom. The predicted octanol–water partition coefficient (Wildman–Crippen LogP) is 3.96. The highest BCUT2D eigenvalue weighted by Gasteiger charge is 2.24. The van der Waals surface area contributed by atoms with Crippen LogP contribution in [0.4, 0.5) is 10.1 Å². The zero-order chi connectivity index (χ0) is 20.0. The molecule has 7 heteroatoms. The second-order valence-corrected chi connectivity index (χ2v) is 8.92. The zero-order valence-electron chi connectivity index (χ0n) is 15.7. The average molecular weight is 405 g/mol. The Morgan fingerprint density at radius 3 is 2.25 bits per heavy atom. The van der Waals surface area contributed by atoms with Crippen molar-refractivity contribution in [3.05, 3.63) is 59.9 Å². The van der Waals surface area contributed by atoms with Gasteiger partial charge < -0.3 is 5.32 Å². The van der Waals surface area contributed by atoms with Crippen LogP contribution in [0.1, 0.15) is 37.7 Å². The summed E-state index contributed by atoms with van der Waals surface area (Å²) in [6.45, 7) is 1.10. The van der Waals surface area contributed by atoms with Gasteiger partial charge in [-0.25, -0.2) is 12.8 Å². The van der Waals surface area contributed by atoms with Gasteiger partial charge in [-0.3, -0.25) is 4.79 Å². The van der Waals surface area contributed by atoms with E-state index in [9.17, 15) is 17.6 Å². The molecule has 2 aromatic rings. The van der Waals surface area contributed by atoms with E-state index in [1.807, 2.05) is 0 Å². The molecule has 1 heterocycles. The molecule has 0 saturated carbocycles. The average Bonchev–Trinajstić information content (AvgIpc) is 2.98. The molecule has 3 rings (SSSR count). The van der Waals surface area contributed by atoms with Gasteiger partial charge in [-0.05, 0) is 55.2 Å². The molecule has 0 atom stereocenters. The van der Waals surface area contributed by atoms with E-state index in [4.69, 9.17) is 0 Å². The first-order valence-electron chi connectivity index (χ1n) is 9.60. The van der Waals surface area contributed by atoms with Crippen LogP contribution in [0, 0.1) is 5.82 Å². The fourth-order valence-electron chi connectivity index (χ4n) is 3.31. The number of anilines is 1. The Balaban J connectivity index is 1.59. The summed E-state index contributed by atoms with van der Waals surface area (Å²) in [6, 6.07) is 12.6. The third kappa shape index (κ3) is 5.17. The lowest BCUT2D eigenvalue weighted by atomic mass is 10.1. The smallest absolute Gasteiger partial charge is 0.243 e. The quantitative estimate of drug-likeness (QED) is 0.792. The monoisotopic (exact) mass is 404 g/mol. The van der Waals surface area contributed by atoms with E-state index in [0.717, 1.165) is 25.7 Å². The summed E-state index contributed by atoms with van der Waals surface area (Å²) in [7, 11) is -3.50. The highest BCUT2D eigenvalue weighted by atomic mass is 32.2. The van der Waals surface area contributed by atoms with E-state index in [-0.39, 0.29) is 23.0 Å². The Labute approximate surface area is 165 Å². The highest BCUT2D eigenvalue weighted by molar-refractivity contribution is 7.89. The summed E-state index contributed by atoms with van der Waals surface area (Å²) < 4.78 is 40.7. The molecule has 1 N–H and O–H groups in total. The van der Waals surface area contributed by atoms with Crippen LogP contribution in [0.2, 0.25) is 0 Å². The summed E-state index contributed by atoms with van der Waals surface area (Å²) in [6.07, 6.45) is 4.34. The van der Waals surface area contributed by atoms with Gasteiger partial charge in [0, 0.05) is 25.2 Å². The molecule has 1 amide bonds. The largest absolute Gasteiger partial charge is 0.326 e. The number of carbonyl (C=O) groups is 1. The molecule has 0 bridgehead atoms. The Kier molecular flexibility index (Phi) is 6.80. The van der Waals surface area contributed by atoms with Gasteiger partial charge >= 0.3 is 0 Å². The number of rotatable bonds is 6. The molecule has 150 valence electrons. The molecule has 0 spiro atoms. The van der Waals surface area contributed by atoms with Gasteiger partial charge in [-0.2, -0.15) is 4.31 Å². The number of carbonyl (C=O) groups excluding carboxylic acids is 1. The molecule has 0 unspecified atom stereocenters. The van der Waals surface area contributed by atoms with Crippen LogP contribution in [-0.4, -0.2) is 31.7 Å². The number of halogens is 1. The number of hydrogen-bond acceptors (Lipinski definition) is 3. The van der Waals surface area contributed by atoms with Crippen molar-refractivity contribution in [2.45, 2.75) is 43.4 Å². The molecule has 2 aromatic carbocycles. The van der Waals surface area contributed by atoms with Crippen molar-refractivity contribution >= 4 is 21.6 Å². The Morgan fingerprint density at radius 2 is 1.61 bits per heavy atom. The second kappa shape index (κ2) is 9.30. The van der Waals surface area contributed by atoms with Crippen molar-refractivity contribution in [1.29, 1.82) is 0 Å². The summed E-state index contributed by atoms with van der Waals surface area (Å²) in [5.74, 6) is -0.565. The lowest BCUT2D eigenvalue weighted by molar-refractivity contribution is -0.116. The first-order valence-corrected chi connectivity index (χ1v) is 11.0. The van der Waals surface area contributed by atoms with Crippen LogP contribution in [-0.2, 0) is 21.2 Å². The third-order valence-corrected chi connectivity index (χ3v) is 6.83.